The van der Waals surface area contributed by atoms with Gasteiger partial charge in [0.2, 0.25) is 5.88 Å². The summed E-state index contributed by atoms with van der Waals surface area (Å²) in [5.74, 6) is -0.213. The number of nitrogens with one attached hydrogen (secondary N) is 1. The van der Waals surface area contributed by atoms with Gasteiger partial charge >= 0.3 is 0 Å². The first-order valence-corrected chi connectivity index (χ1v) is 10.8. The summed E-state index contributed by atoms with van der Waals surface area (Å²) in [6, 6.07) is 4.09. The van der Waals surface area contributed by atoms with E-state index >= 15 is 0 Å². The maximum Gasteiger partial charge on any atom is 0.255 e. The number of amides is 1. The Kier molecular flexibility index (Phi) is 6.83. The summed E-state index contributed by atoms with van der Waals surface area (Å²) in [5, 5.41) is 3.18. The van der Waals surface area contributed by atoms with Crippen molar-refractivity contribution >= 4 is 40.1 Å². The van der Waals surface area contributed by atoms with Gasteiger partial charge in [-0.1, -0.05) is 52.3 Å². The standard InChI is InChI=1S/C23H28ClN5O3/c1-13(2)10-32-22-17-20(25-11-26-22)29(12-27-17)18(19(30)23(4,5)6)21(31)28-16-9-14(3)7-8-15(16)24/h7-9,11-13,18H,10H2,1-6H3,(H,28,31). The van der Waals surface area contributed by atoms with Gasteiger partial charge in [0, 0.05) is 5.41 Å². The Hall–Kier alpha value is -3.00. The van der Waals surface area contributed by atoms with E-state index in [0.29, 0.717) is 40.3 Å². The van der Waals surface area contributed by atoms with Crippen molar-refractivity contribution in [2.45, 2.75) is 47.6 Å². The number of hydrogen-bond acceptors (Lipinski definition) is 6. The topological polar surface area (TPSA) is 99.0 Å². The van der Waals surface area contributed by atoms with Crippen LogP contribution in [0.3, 0.4) is 0 Å². The second-order valence-electron chi connectivity index (χ2n) is 9.20. The summed E-state index contributed by atoms with van der Waals surface area (Å²) in [4.78, 5) is 39.6. The van der Waals surface area contributed by atoms with Crippen LogP contribution in [0, 0.1) is 18.3 Å². The number of benzene rings is 1. The first-order valence-electron chi connectivity index (χ1n) is 10.4. The van der Waals surface area contributed by atoms with Gasteiger partial charge in [0.15, 0.2) is 23.0 Å². The Bertz CT molecular complexity index is 1150. The summed E-state index contributed by atoms with van der Waals surface area (Å²) < 4.78 is 7.22. The molecule has 0 bridgehead atoms. The summed E-state index contributed by atoms with van der Waals surface area (Å²) >= 11 is 6.26. The molecule has 9 heteroatoms. The van der Waals surface area contributed by atoms with Gasteiger partial charge in [-0.3, -0.25) is 14.2 Å². The SMILES string of the molecule is Cc1ccc(Cl)c(NC(=O)C(C(=O)C(C)(C)C)n2cnc3c(OCC(C)C)ncnc32)c1. The average Bonchev–Trinajstić information content (AvgIpc) is 3.13. The van der Waals surface area contributed by atoms with E-state index in [1.54, 1.807) is 32.9 Å². The molecule has 32 heavy (non-hydrogen) atoms. The Balaban J connectivity index is 2.06. The number of fused-ring (bicyclic) bond motifs is 1. The van der Waals surface area contributed by atoms with Crippen LogP contribution in [0.15, 0.2) is 30.9 Å². The van der Waals surface area contributed by atoms with E-state index in [0.717, 1.165) is 5.56 Å². The van der Waals surface area contributed by atoms with Crippen molar-refractivity contribution in [3.8, 4) is 5.88 Å². The molecule has 8 nitrogen and oxygen atoms in total. The lowest BCUT2D eigenvalue weighted by atomic mass is 9.86. The summed E-state index contributed by atoms with van der Waals surface area (Å²) in [7, 11) is 0. The number of ether oxygens (including phenoxy) is 1. The van der Waals surface area contributed by atoms with Gasteiger partial charge in [-0.2, -0.15) is 4.98 Å². The normalized spacial score (nSPS) is 12.8. The minimum atomic E-state index is -1.20. The number of anilines is 1. The summed E-state index contributed by atoms with van der Waals surface area (Å²) in [5.41, 5.74) is 1.30. The van der Waals surface area contributed by atoms with Crippen LogP contribution >= 0.6 is 11.6 Å². The van der Waals surface area contributed by atoms with Crippen molar-refractivity contribution in [1.29, 1.82) is 0 Å². The van der Waals surface area contributed by atoms with Crippen LogP contribution in [0.4, 0.5) is 5.69 Å². The van der Waals surface area contributed by atoms with E-state index in [-0.39, 0.29) is 5.78 Å². The molecule has 0 saturated carbocycles. The minimum absolute atomic E-state index is 0.290. The first kappa shape index (κ1) is 23.7. The zero-order valence-corrected chi connectivity index (χ0v) is 19.9. The number of Topliss-reactive ketones (excluding diaryl/α,β-unsaturated/α-hetero) is 1. The molecule has 0 radical (unpaired) electrons. The fourth-order valence-electron chi connectivity index (χ4n) is 3.09. The molecule has 0 aliphatic rings. The van der Waals surface area contributed by atoms with Gasteiger partial charge in [0.25, 0.3) is 5.91 Å². The number of aromatic nitrogens is 4. The molecule has 0 spiro atoms. The zero-order valence-electron chi connectivity index (χ0n) is 19.1. The molecule has 2 heterocycles. The van der Waals surface area contributed by atoms with E-state index in [2.05, 4.69) is 20.3 Å². The van der Waals surface area contributed by atoms with E-state index in [9.17, 15) is 9.59 Å². The fraction of sp³-hybridized carbons (Fsp3) is 0.435. The smallest absolute Gasteiger partial charge is 0.255 e. The first-order chi connectivity index (χ1) is 15.0. The molecule has 1 aromatic carbocycles. The summed E-state index contributed by atoms with van der Waals surface area (Å²) in [6.45, 7) is 11.7. The highest BCUT2D eigenvalue weighted by molar-refractivity contribution is 6.34. The lowest BCUT2D eigenvalue weighted by Crippen LogP contribution is -2.38. The van der Waals surface area contributed by atoms with E-state index in [1.165, 1.54) is 17.2 Å². The maximum absolute atomic E-state index is 13.4. The highest BCUT2D eigenvalue weighted by Crippen LogP contribution is 2.30. The van der Waals surface area contributed by atoms with Gasteiger partial charge in [0.1, 0.15) is 6.33 Å². The Morgan fingerprint density at radius 2 is 1.91 bits per heavy atom. The molecular weight excluding hydrogens is 430 g/mol. The van der Waals surface area contributed by atoms with Crippen molar-refractivity contribution in [2.24, 2.45) is 11.3 Å². The molecule has 0 aliphatic heterocycles. The number of carbonyl (C=O) groups is 2. The quantitative estimate of drug-likeness (QED) is 0.520. The number of imidazole rings is 1. The molecule has 3 aromatic rings. The van der Waals surface area contributed by atoms with Crippen molar-refractivity contribution in [2.75, 3.05) is 11.9 Å². The third-order valence-corrected chi connectivity index (χ3v) is 5.10. The van der Waals surface area contributed by atoms with Crippen LogP contribution in [0.25, 0.3) is 11.2 Å². The van der Waals surface area contributed by atoms with Crippen LogP contribution in [0.1, 0.15) is 46.2 Å². The number of carbonyl (C=O) groups excluding carboxylic acids is 2. The second-order valence-corrected chi connectivity index (χ2v) is 9.60. The largest absolute Gasteiger partial charge is 0.476 e. The Labute approximate surface area is 192 Å². The van der Waals surface area contributed by atoms with Crippen LogP contribution < -0.4 is 10.1 Å². The number of ketones is 1. The molecule has 3 rings (SSSR count). The number of hydrogen-bond donors (Lipinski definition) is 1. The van der Waals surface area contributed by atoms with E-state index in [1.807, 2.05) is 26.8 Å². The maximum atomic E-state index is 13.4. The third kappa shape index (κ3) is 5.07. The lowest BCUT2D eigenvalue weighted by Gasteiger charge is -2.25. The fourth-order valence-corrected chi connectivity index (χ4v) is 3.25. The van der Waals surface area contributed by atoms with Crippen molar-refractivity contribution in [3.63, 3.8) is 0 Å². The number of nitrogens with zero attached hydrogens (tertiary/aromatic N) is 4. The molecule has 1 amide bonds. The van der Waals surface area contributed by atoms with Gasteiger partial charge < -0.3 is 10.1 Å². The summed E-state index contributed by atoms with van der Waals surface area (Å²) in [6.07, 6.45) is 2.76. The predicted octanol–water partition coefficient (Wildman–Crippen LogP) is 4.62. The van der Waals surface area contributed by atoms with Crippen molar-refractivity contribution in [1.82, 2.24) is 19.5 Å². The monoisotopic (exact) mass is 457 g/mol. The lowest BCUT2D eigenvalue weighted by molar-refractivity contribution is -0.135. The van der Waals surface area contributed by atoms with Gasteiger partial charge in [-0.25, -0.2) is 9.97 Å². The Morgan fingerprint density at radius 3 is 2.56 bits per heavy atom. The molecule has 0 aliphatic carbocycles. The molecule has 170 valence electrons. The highest BCUT2D eigenvalue weighted by atomic mass is 35.5. The Morgan fingerprint density at radius 1 is 1.19 bits per heavy atom. The zero-order chi connectivity index (χ0) is 23.6. The average molecular weight is 458 g/mol. The van der Waals surface area contributed by atoms with Crippen LogP contribution in [-0.4, -0.2) is 37.8 Å². The second kappa shape index (κ2) is 9.24. The molecular formula is C23H28ClN5O3. The molecule has 1 atom stereocenters. The van der Waals surface area contributed by atoms with Gasteiger partial charge in [-0.05, 0) is 30.5 Å². The van der Waals surface area contributed by atoms with E-state index in [4.69, 9.17) is 16.3 Å². The third-order valence-electron chi connectivity index (χ3n) is 4.77. The van der Waals surface area contributed by atoms with Crippen LogP contribution in [-0.2, 0) is 9.59 Å². The number of rotatable bonds is 7. The van der Waals surface area contributed by atoms with Gasteiger partial charge in [-0.15, -0.1) is 0 Å². The van der Waals surface area contributed by atoms with E-state index < -0.39 is 17.4 Å². The van der Waals surface area contributed by atoms with Crippen LogP contribution in [0.5, 0.6) is 5.88 Å². The highest BCUT2D eigenvalue weighted by Gasteiger charge is 2.37. The van der Waals surface area contributed by atoms with Crippen molar-refractivity contribution < 1.29 is 14.3 Å². The minimum Gasteiger partial charge on any atom is -0.476 e. The number of halogens is 1. The van der Waals surface area contributed by atoms with Crippen molar-refractivity contribution in [3.05, 3.63) is 41.4 Å². The number of aryl methyl sites for hydroxylation is 1. The predicted molar refractivity (Wildman–Crippen MR) is 124 cm³/mol. The molecule has 1 N–H and O–H groups in total. The van der Waals surface area contributed by atoms with Crippen LogP contribution in [0.2, 0.25) is 5.02 Å². The molecule has 0 saturated heterocycles. The molecule has 2 aromatic heterocycles. The molecule has 1 unspecified atom stereocenters. The molecule has 0 fully saturated rings. The van der Waals surface area contributed by atoms with Gasteiger partial charge in [0.05, 0.1) is 23.6 Å².